The highest BCUT2D eigenvalue weighted by Gasteiger charge is 2.50. The van der Waals surface area contributed by atoms with E-state index in [2.05, 4.69) is 5.32 Å². The van der Waals surface area contributed by atoms with Crippen LogP contribution in [-0.4, -0.2) is 36.9 Å². The van der Waals surface area contributed by atoms with Crippen molar-refractivity contribution in [1.82, 2.24) is 10.2 Å². The van der Waals surface area contributed by atoms with Crippen molar-refractivity contribution in [2.75, 3.05) is 20.1 Å². The van der Waals surface area contributed by atoms with Gasteiger partial charge in [-0.2, -0.15) is 0 Å². The van der Waals surface area contributed by atoms with Gasteiger partial charge in [0.05, 0.1) is 5.41 Å². The average Bonchev–Trinajstić information content (AvgIpc) is 2.50. The molecule has 0 aromatic heterocycles. The lowest BCUT2D eigenvalue weighted by atomic mass is 9.79. The molecule has 0 aromatic carbocycles. The molecule has 0 bridgehead atoms. The van der Waals surface area contributed by atoms with E-state index in [0.29, 0.717) is 19.5 Å². The normalized spacial score (nSPS) is 24.4. The summed E-state index contributed by atoms with van der Waals surface area (Å²) >= 11 is 0. The highest BCUT2D eigenvalue weighted by Crippen LogP contribution is 2.44. The predicted octanol–water partition coefficient (Wildman–Crippen LogP) is 1.31. The first-order chi connectivity index (χ1) is 8.19. The van der Waals surface area contributed by atoms with E-state index in [-0.39, 0.29) is 17.2 Å². The van der Waals surface area contributed by atoms with Crippen molar-refractivity contribution in [2.24, 2.45) is 5.41 Å². The van der Waals surface area contributed by atoms with Crippen molar-refractivity contribution in [3.8, 4) is 0 Å². The smallest absolute Gasteiger partial charge is 0.235 e. The van der Waals surface area contributed by atoms with Crippen LogP contribution in [0.25, 0.3) is 0 Å². The van der Waals surface area contributed by atoms with Gasteiger partial charge in [0.1, 0.15) is 0 Å². The van der Waals surface area contributed by atoms with Gasteiger partial charge < -0.3 is 5.32 Å². The zero-order chi connectivity index (χ0) is 12.3. The van der Waals surface area contributed by atoms with Crippen LogP contribution in [0.4, 0.5) is 0 Å². The van der Waals surface area contributed by atoms with Crippen LogP contribution in [0.15, 0.2) is 0 Å². The van der Waals surface area contributed by atoms with E-state index in [9.17, 15) is 9.59 Å². The molecule has 4 heteroatoms. The lowest BCUT2D eigenvalue weighted by Gasteiger charge is -2.24. The fourth-order valence-corrected chi connectivity index (χ4v) is 3.11. The number of likely N-dealkylation sites (N-methyl/N-ethyl adjacent to an activating group) is 1. The molecule has 2 amide bonds. The second-order valence-corrected chi connectivity index (χ2v) is 5.33. The molecule has 0 atom stereocenters. The fourth-order valence-electron chi connectivity index (χ4n) is 3.11. The molecule has 1 aliphatic carbocycles. The number of hydrogen-bond donors (Lipinski definition) is 1. The van der Waals surface area contributed by atoms with Crippen LogP contribution >= 0.6 is 0 Å². The van der Waals surface area contributed by atoms with Crippen LogP contribution in [0.1, 0.15) is 44.9 Å². The van der Waals surface area contributed by atoms with Gasteiger partial charge in [0.2, 0.25) is 11.8 Å². The topological polar surface area (TPSA) is 49.4 Å². The Kier molecular flexibility index (Phi) is 3.82. The highest BCUT2D eigenvalue weighted by atomic mass is 16.2. The van der Waals surface area contributed by atoms with Crippen LogP contribution < -0.4 is 5.32 Å². The molecule has 4 nitrogen and oxygen atoms in total. The number of rotatable bonds is 3. The second-order valence-electron chi connectivity index (χ2n) is 5.33. The third kappa shape index (κ3) is 2.37. The summed E-state index contributed by atoms with van der Waals surface area (Å²) < 4.78 is 0. The summed E-state index contributed by atoms with van der Waals surface area (Å²) in [5.41, 5.74) is -0.332. The Morgan fingerprint density at radius 2 is 1.82 bits per heavy atom. The van der Waals surface area contributed by atoms with Gasteiger partial charge >= 0.3 is 0 Å². The minimum absolute atomic E-state index is 0.0344. The lowest BCUT2D eigenvalue weighted by molar-refractivity contribution is -0.141. The fraction of sp³-hybridized carbons (Fsp3) is 0.846. The van der Waals surface area contributed by atoms with E-state index < -0.39 is 0 Å². The summed E-state index contributed by atoms with van der Waals surface area (Å²) in [4.78, 5) is 25.9. The van der Waals surface area contributed by atoms with Gasteiger partial charge in [-0.3, -0.25) is 14.5 Å². The number of likely N-dealkylation sites (tertiary alicyclic amines) is 1. The number of hydrogen-bond acceptors (Lipinski definition) is 3. The summed E-state index contributed by atoms with van der Waals surface area (Å²) in [7, 11) is 1.84. The van der Waals surface area contributed by atoms with Gasteiger partial charge in [-0.05, 0) is 19.9 Å². The van der Waals surface area contributed by atoms with Crippen LogP contribution in [0.2, 0.25) is 0 Å². The molecule has 2 rings (SSSR count). The Hall–Kier alpha value is -0.900. The quantitative estimate of drug-likeness (QED) is 0.754. The third-order valence-corrected chi connectivity index (χ3v) is 4.14. The first-order valence-electron chi connectivity index (χ1n) is 6.69. The van der Waals surface area contributed by atoms with E-state index in [1.54, 1.807) is 0 Å². The molecule has 1 heterocycles. The summed E-state index contributed by atoms with van der Waals surface area (Å²) in [6.07, 6.45) is 6.88. The van der Waals surface area contributed by atoms with Gasteiger partial charge in [0, 0.05) is 19.5 Å². The monoisotopic (exact) mass is 238 g/mol. The minimum Gasteiger partial charge on any atom is -0.318 e. The summed E-state index contributed by atoms with van der Waals surface area (Å²) in [6, 6.07) is 0. The summed E-state index contributed by atoms with van der Waals surface area (Å²) in [5, 5.41) is 2.99. The van der Waals surface area contributed by atoms with Crippen molar-refractivity contribution in [2.45, 2.75) is 44.9 Å². The number of nitrogens with zero attached hydrogens (tertiary/aromatic N) is 1. The zero-order valence-corrected chi connectivity index (χ0v) is 10.6. The van der Waals surface area contributed by atoms with E-state index >= 15 is 0 Å². The summed E-state index contributed by atoms with van der Waals surface area (Å²) in [5.74, 6) is 0.131. The van der Waals surface area contributed by atoms with Crippen LogP contribution in [0, 0.1) is 5.41 Å². The average molecular weight is 238 g/mol. The summed E-state index contributed by atoms with van der Waals surface area (Å²) in [6.45, 7) is 1.21. The second kappa shape index (κ2) is 5.17. The van der Waals surface area contributed by atoms with Crippen molar-refractivity contribution >= 4 is 11.8 Å². The van der Waals surface area contributed by atoms with E-state index in [0.717, 1.165) is 25.7 Å². The molecule has 1 aliphatic heterocycles. The highest BCUT2D eigenvalue weighted by molar-refractivity contribution is 6.05. The maximum atomic E-state index is 12.4. The van der Waals surface area contributed by atoms with Crippen LogP contribution in [0.5, 0.6) is 0 Å². The van der Waals surface area contributed by atoms with Crippen molar-refractivity contribution in [3.05, 3.63) is 0 Å². The van der Waals surface area contributed by atoms with Crippen molar-refractivity contribution < 1.29 is 9.59 Å². The number of nitrogens with one attached hydrogen (secondary N) is 1. The molecule has 0 radical (unpaired) electrons. The van der Waals surface area contributed by atoms with E-state index in [1.165, 1.54) is 17.7 Å². The molecule has 1 N–H and O–H groups in total. The number of carbonyl (C=O) groups excluding carboxylic acids is 2. The number of imide groups is 1. The Bertz CT molecular complexity index is 307. The van der Waals surface area contributed by atoms with Crippen LogP contribution in [0.3, 0.4) is 0 Å². The lowest BCUT2D eigenvalue weighted by Crippen LogP contribution is -2.39. The molecule has 0 aromatic rings. The molecule has 2 aliphatic rings. The largest absolute Gasteiger partial charge is 0.318 e. The minimum atomic E-state index is -0.332. The third-order valence-electron chi connectivity index (χ3n) is 4.14. The van der Waals surface area contributed by atoms with Gasteiger partial charge in [-0.15, -0.1) is 0 Å². The van der Waals surface area contributed by atoms with Crippen LogP contribution in [-0.2, 0) is 9.59 Å². The Morgan fingerprint density at radius 3 is 2.41 bits per heavy atom. The first kappa shape index (κ1) is 12.6. The predicted molar refractivity (Wildman–Crippen MR) is 65.4 cm³/mol. The molecule has 1 saturated heterocycles. The SMILES string of the molecule is CNCCN1C(=O)CC2(CCCCCC2)C1=O. The van der Waals surface area contributed by atoms with E-state index in [4.69, 9.17) is 0 Å². The number of amides is 2. The van der Waals surface area contributed by atoms with Crippen molar-refractivity contribution in [1.29, 1.82) is 0 Å². The molecule has 0 unspecified atom stereocenters. The molecule has 17 heavy (non-hydrogen) atoms. The van der Waals surface area contributed by atoms with Gasteiger partial charge in [0.25, 0.3) is 0 Å². The molecule has 1 saturated carbocycles. The molecular weight excluding hydrogens is 216 g/mol. The molecule has 2 fully saturated rings. The van der Waals surface area contributed by atoms with Crippen molar-refractivity contribution in [3.63, 3.8) is 0 Å². The zero-order valence-electron chi connectivity index (χ0n) is 10.6. The Morgan fingerprint density at radius 1 is 1.18 bits per heavy atom. The van der Waals surface area contributed by atoms with E-state index in [1.807, 2.05) is 7.05 Å². The molecule has 1 spiro atoms. The molecular formula is C13H22N2O2. The Balaban J connectivity index is 2.10. The molecule has 96 valence electrons. The first-order valence-corrected chi connectivity index (χ1v) is 6.69. The van der Waals surface area contributed by atoms with Gasteiger partial charge in [0.15, 0.2) is 0 Å². The van der Waals surface area contributed by atoms with Gasteiger partial charge in [-0.25, -0.2) is 0 Å². The Labute approximate surface area is 103 Å². The maximum Gasteiger partial charge on any atom is 0.235 e. The number of carbonyl (C=O) groups is 2. The standard InChI is InChI=1S/C13H22N2O2/c1-14-8-9-15-11(16)10-13(12(15)17)6-4-2-3-5-7-13/h14H,2-10H2,1H3. The van der Waals surface area contributed by atoms with Gasteiger partial charge in [-0.1, -0.05) is 25.7 Å². The maximum absolute atomic E-state index is 12.4.